The van der Waals surface area contributed by atoms with Crippen LogP contribution >= 0.6 is 11.3 Å². The Hall–Kier alpha value is -1.66. The van der Waals surface area contributed by atoms with Crippen LogP contribution in [0.1, 0.15) is 18.5 Å². The van der Waals surface area contributed by atoms with E-state index in [4.69, 9.17) is 4.42 Å². The van der Waals surface area contributed by atoms with Crippen molar-refractivity contribution in [2.24, 2.45) is 0 Å². The fourth-order valence-corrected chi connectivity index (χ4v) is 3.14. The highest BCUT2D eigenvalue weighted by Crippen LogP contribution is 2.24. The molecule has 1 aliphatic rings. The van der Waals surface area contributed by atoms with Gasteiger partial charge in [-0.3, -0.25) is 4.79 Å². The van der Waals surface area contributed by atoms with Gasteiger partial charge in [0.2, 0.25) is 5.91 Å². The first kappa shape index (κ1) is 13.3. The van der Waals surface area contributed by atoms with Crippen molar-refractivity contribution in [1.82, 2.24) is 9.88 Å². The van der Waals surface area contributed by atoms with E-state index >= 15 is 0 Å². The van der Waals surface area contributed by atoms with Crippen molar-refractivity contribution < 1.29 is 14.3 Å². The maximum Gasteiger partial charge on any atom is 0.228 e. The summed E-state index contributed by atoms with van der Waals surface area (Å²) < 4.78 is 5.29. The zero-order chi connectivity index (χ0) is 13.9. The van der Waals surface area contributed by atoms with E-state index in [9.17, 15) is 9.90 Å². The number of hydrogen-bond donors (Lipinski definition) is 1. The monoisotopic (exact) mass is 292 g/mol. The van der Waals surface area contributed by atoms with E-state index in [1.165, 1.54) is 11.3 Å². The molecule has 5 nitrogen and oxygen atoms in total. The fraction of sp³-hybridized carbons (Fsp3) is 0.429. The van der Waals surface area contributed by atoms with E-state index in [0.717, 1.165) is 35.8 Å². The molecule has 2 aromatic heterocycles. The van der Waals surface area contributed by atoms with Crippen molar-refractivity contribution in [2.45, 2.75) is 25.4 Å². The Kier molecular flexibility index (Phi) is 3.84. The van der Waals surface area contributed by atoms with Crippen LogP contribution in [0, 0.1) is 0 Å². The van der Waals surface area contributed by atoms with E-state index in [-0.39, 0.29) is 18.4 Å². The number of aliphatic hydroxyl groups is 1. The highest BCUT2D eigenvalue weighted by atomic mass is 32.1. The van der Waals surface area contributed by atoms with Crippen molar-refractivity contribution >= 4 is 17.2 Å². The number of amides is 1. The average Bonchev–Trinajstić information content (AvgIpc) is 3.08. The smallest absolute Gasteiger partial charge is 0.228 e. The Balaban J connectivity index is 1.64. The van der Waals surface area contributed by atoms with Gasteiger partial charge in [0, 0.05) is 18.5 Å². The van der Waals surface area contributed by atoms with Gasteiger partial charge in [-0.05, 0) is 25.0 Å². The van der Waals surface area contributed by atoms with Gasteiger partial charge in [-0.25, -0.2) is 4.98 Å². The molecule has 1 fully saturated rings. The van der Waals surface area contributed by atoms with Crippen molar-refractivity contribution in [2.75, 3.05) is 13.1 Å². The molecule has 0 unspecified atom stereocenters. The molecular formula is C14H16N2O3S. The number of β-amino-alcohol motifs (C(OH)–C–C–N with tert-alkyl or cyclic N) is 1. The van der Waals surface area contributed by atoms with Gasteiger partial charge in [-0.2, -0.15) is 0 Å². The van der Waals surface area contributed by atoms with Crippen molar-refractivity contribution in [3.05, 3.63) is 29.5 Å². The molecule has 1 amide bonds. The molecule has 0 aromatic carbocycles. The molecule has 3 rings (SSSR count). The third-order valence-electron chi connectivity index (χ3n) is 3.37. The number of carbonyl (C=O) groups excluding carboxylic acids is 1. The fourth-order valence-electron chi connectivity index (χ4n) is 2.35. The molecular weight excluding hydrogens is 276 g/mol. The van der Waals surface area contributed by atoms with Crippen LogP contribution in [0.15, 0.2) is 28.2 Å². The quantitative estimate of drug-likeness (QED) is 0.938. The van der Waals surface area contributed by atoms with Gasteiger partial charge < -0.3 is 14.4 Å². The summed E-state index contributed by atoms with van der Waals surface area (Å²) >= 11 is 1.47. The molecule has 0 saturated carbocycles. The zero-order valence-electron chi connectivity index (χ0n) is 11.0. The van der Waals surface area contributed by atoms with E-state index in [1.54, 1.807) is 11.2 Å². The molecule has 20 heavy (non-hydrogen) atoms. The molecule has 0 radical (unpaired) electrons. The number of aromatic nitrogens is 1. The minimum atomic E-state index is -0.387. The summed E-state index contributed by atoms with van der Waals surface area (Å²) in [5.74, 6) is 0.752. The number of furan rings is 1. The average molecular weight is 292 g/mol. The topological polar surface area (TPSA) is 66.6 Å². The number of carbonyl (C=O) groups is 1. The Morgan fingerprint density at radius 1 is 1.60 bits per heavy atom. The summed E-state index contributed by atoms with van der Waals surface area (Å²) in [5, 5.41) is 12.3. The Morgan fingerprint density at radius 3 is 3.25 bits per heavy atom. The SMILES string of the molecule is O=C(Cc1csc(-c2ccco2)n1)N1CCC[C@H](O)C1. The molecule has 0 bridgehead atoms. The van der Waals surface area contributed by atoms with Crippen LogP contribution in [0.4, 0.5) is 0 Å². The number of piperidine rings is 1. The standard InChI is InChI=1S/C14H16N2O3S/c17-11-3-1-5-16(8-11)13(18)7-10-9-20-14(15-10)12-4-2-6-19-12/h2,4,6,9,11,17H,1,3,5,7-8H2/t11-/m0/s1. The number of aliphatic hydroxyl groups excluding tert-OH is 1. The summed E-state index contributed by atoms with van der Waals surface area (Å²) in [6.45, 7) is 1.17. The molecule has 106 valence electrons. The first-order chi connectivity index (χ1) is 9.72. The lowest BCUT2D eigenvalue weighted by Gasteiger charge is -2.29. The highest BCUT2D eigenvalue weighted by molar-refractivity contribution is 7.13. The lowest BCUT2D eigenvalue weighted by molar-refractivity contribution is -0.133. The predicted molar refractivity (Wildman–Crippen MR) is 75.3 cm³/mol. The van der Waals surface area contributed by atoms with Crippen molar-refractivity contribution in [1.29, 1.82) is 0 Å². The Morgan fingerprint density at radius 2 is 2.50 bits per heavy atom. The van der Waals surface area contributed by atoms with Crippen LogP contribution in [0.2, 0.25) is 0 Å². The van der Waals surface area contributed by atoms with Crippen LogP contribution < -0.4 is 0 Å². The third-order valence-corrected chi connectivity index (χ3v) is 4.27. The Labute approximate surface area is 120 Å². The van der Waals surface area contributed by atoms with Gasteiger partial charge in [-0.1, -0.05) is 0 Å². The molecule has 6 heteroatoms. The van der Waals surface area contributed by atoms with Gasteiger partial charge in [0.05, 0.1) is 24.5 Å². The second-order valence-electron chi connectivity index (χ2n) is 4.93. The Bertz CT molecular complexity index is 579. The first-order valence-electron chi connectivity index (χ1n) is 6.66. The first-order valence-corrected chi connectivity index (χ1v) is 7.54. The molecule has 1 aliphatic heterocycles. The van der Waals surface area contributed by atoms with E-state index in [0.29, 0.717) is 6.54 Å². The summed E-state index contributed by atoms with van der Waals surface area (Å²) in [5.41, 5.74) is 0.756. The van der Waals surface area contributed by atoms with Crippen LogP contribution in [0.25, 0.3) is 10.8 Å². The molecule has 3 heterocycles. The van der Waals surface area contributed by atoms with E-state index in [1.807, 2.05) is 17.5 Å². The van der Waals surface area contributed by atoms with Crippen LogP contribution in [-0.2, 0) is 11.2 Å². The number of likely N-dealkylation sites (tertiary alicyclic amines) is 1. The summed E-state index contributed by atoms with van der Waals surface area (Å²) in [7, 11) is 0. The third kappa shape index (κ3) is 2.91. The van der Waals surface area contributed by atoms with Crippen molar-refractivity contribution in [3.63, 3.8) is 0 Å². The van der Waals surface area contributed by atoms with Crippen LogP contribution in [-0.4, -0.2) is 40.1 Å². The highest BCUT2D eigenvalue weighted by Gasteiger charge is 2.22. The van der Waals surface area contributed by atoms with E-state index in [2.05, 4.69) is 4.98 Å². The van der Waals surface area contributed by atoms with Crippen LogP contribution in [0.3, 0.4) is 0 Å². The van der Waals surface area contributed by atoms with E-state index < -0.39 is 0 Å². The lowest BCUT2D eigenvalue weighted by Crippen LogP contribution is -2.42. The molecule has 1 atom stereocenters. The predicted octanol–water partition coefficient (Wildman–Crippen LogP) is 1.93. The zero-order valence-corrected chi connectivity index (χ0v) is 11.8. The number of rotatable bonds is 3. The summed E-state index contributed by atoms with van der Waals surface area (Å²) in [4.78, 5) is 18.3. The maximum atomic E-state index is 12.2. The second kappa shape index (κ2) is 5.76. The number of nitrogens with zero attached hydrogens (tertiary/aromatic N) is 2. The summed E-state index contributed by atoms with van der Waals surface area (Å²) in [6, 6.07) is 3.67. The second-order valence-corrected chi connectivity index (χ2v) is 5.79. The maximum absolute atomic E-state index is 12.2. The van der Waals surface area contributed by atoms with Gasteiger partial charge in [-0.15, -0.1) is 11.3 Å². The number of thiazole rings is 1. The minimum Gasteiger partial charge on any atom is -0.462 e. The normalized spacial score (nSPS) is 19.2. The largest absolute Gasteiger partial charge is 0.462 e. The molecule has 1 N–H and O–H groups in total. The van der Waals surface area contributed by atoms with Gasteiger partial charge >= 0.3 is 0 Å². The minimum absolute atomic E-state index is 0.0278. The van der Waals surface area contributed by atoms with Gasteiger partial charge in [0.25, 0.3) is 0 Å². The van der Waals surface area contributed by atoms with Crippen molar-refractivity contribution in [3.8, 4) is 10.8 Å². The van der Waals surface area contributed by atoms with Gasteiger partial charge in [0.1, 0.15) is 0 Å². The molecule has 0 spiro atoms. The molecule has 1 saturated heterocycles. The summed E-state index contributed by atoms with van der Waals surface area (Å²) in [6.07, 6.45) is 3.15. The van der Waals surface area contributed by atoms with Gasteiger partial charge in [0.15, 0.2) is 10.8 Å². The van der Waals surface area contributed by atoms with Crippen LogP contribution in [0.5, 0.6) is 0 Å². The molecule has 2 aromatic rings. The lowest BCUT2D eigenvalue weighted by atomic mass is 10.1. The number of hydrogen-bond acceptors (Lipinski definition) is 5. The molecule has 0 aliphatic carbocycles.